The second-order valence-electron chi connectivity index (χ2n) is 5.93. The molecule has 2 heterocycles. The van der Waals surface area contributed by atoms with Gasteiger partial charge in [0.05, 0.1) is 5.60 Å². The third kappa shape index (κ3) is 2.43. The van der Waals surface area contributed by atoms with Crippen molar-refractivity contribution in [2.24, 2.45) is 0 Å². The maximum atomic E-state index is 10.2. The number of nitrogen functional groups attached to an aromatic ring is 1. The normalized spacial score (nSPS) is 23.8. The van der Waals surface area contributed by atoms with E-state index in [0.717, 1.165) is 48.8 Å². The van der Waals surface area contributed by atoms with E-state index in [2.05, 4.69) is 16.0 Å². The first kappa shape index (κ1) is 13.2. The third-order valence-electron chi connectivity index (χ3n) is 4.23. The number of benzene rings is 1. The number of rotatable bonds is 1. The molecule has 4 nitrogen and oxygen atoms in total. The molecule has 1 aromatic heterocycles. The Morgan fingerprint density at radius 2 is 2.05 bits per heavy atom. The molecule has 1 saturated heterocycles. The largest absolute Gasteiger partial charge is 0.398 e. The molecule has 0 radical (unpaired) electrons. The second kappa shape index (κ2) is 4.94. The molecule has 1 aliphatic rings. The highest BCUT2D eigenvalue weighted by molar-refractivity contribution is 6.00. The lowest BCUT2D eigenvalue weighted by Crippen LogP contribution is -2.28. The minimum Gasteiger partial charge on any atom is -0.398 e. The molecule has 1 aliphatic heterocycles. The summed E-state index contributed by atoms with van der Waals surface area (Å²) in [4.78, 5) is 6.51. The van der Waals surface area contributed by atoms with E-state index in [1.807, 2.05) is 25.3 Å². The molecular weight excluding hydrogens is 250 g/mol. The molecule has 0 bridgehead atoms. The van der Waals surface area contributed by atoms with Gasteiger partial charge < -0.3 is 15.7 Å². The minimum absolute atomic E-state index is 0.542. The van der Waals surface area contributed by atoms with Gasteiger partial charge in [0.25, 0.3) is 0 Å². The van der Waals surface area contributed by atoms with Crippen LogP contribution in [0.2, 0.25) is 0 Å². The van der Waals surface area contributed by atoms with Crippen LogP contribution < -0.4 is 10.6 Å². The Balaban J connectivity index is 2.00. The van der Waals surface area contributed by atoms with Crippen LogP contribution in [0.3, 0.4) is 0 Å². The van der Waals surface area contributed by atoms with Crippen molar-refractivity contribution in [3.8, 4) is 0 Å². The minimum atomic E-state index is -0.542. The van der Waals surface area contributed by atoms with Crippen LogP contribution >= 0.6 is 0 Å². The monoisotopic (exact) mass is 271 g/mol. The fourth-order valence-corrected chi connectivity index (χ4v) is 2.98. The smallest absolute Gasteiger partial charge is 0.0637 e. The molecule has 4 heteroatoms. The molecule has 3 N–H and O–H groups in total. The predicted octanol–water partition coefficient (Wildman–Crippen LogP) is 2.56. The van der Waals surface area contributed by atoms with Crippen LogP contribution in [0.15, 0.2) is 30.6 Å². The maximum absolute atomic E-state index is 10.2. The Hall–Kier alpha value is -1.81. The highest BCUT2D eigenvalue weighted by atomic mass is 16.3. The van der Waals surface area contributed by atoms with Gasteiger partial charge in [0, 0.05) is 47.6 Å². The number of hydrogen-bond acceptors (Lipinski definition) is 4. The SMILES string of the molecule is CC1(O)CCCN(c2ccc(N)c3cnccc23)CC1. The van der Waals surface area contributed by atoms with Crippen LogP contribution in [-0.2, 0) is 0 Å². The summed E-state index contributed by atoms with van der Waals surface area (Å²) < 4.78 is 0. The number of pyridine rings is 1. The van der Waals surface area contributed by atoms with Gasteiger partial charge in [-0.2, -0.15) is 0 Å². The summed E-state index contributed by atoms with van der Waals surface area (Å²) in [6.07, 6.45) is 6.28. The summed E-state index contributed by atoms with van der Waals surface area (Å²) in [5, 5.41) is 12.4. The van der Waals surface area contributed by atoms with Crippen molar-refractivity contribution in [1.29, 1.82) is 0 Å². The Labute approximate surface area is 119 Å². The Morgan fingerprint density at radius 1 is 1.20 bits per heavy atom. The van der Waals surface area contributed by atoms with Crippen LogP contribution in [0.25, 0.3) is 10.8 Å². The zero-order chi connectivity index (χ0) is 14.2. The lowest BCUT2D eigenvalue weighted by molar-refractivity contribution is 0.0481. The van der Waals surface area contributed by atoms with Gasteiger partial charge in [-0.3, -0.25) is 4.98 Å². The van der Waals surface area contributed by atoms with Crippen LogP contribution in [0.1, 0.15) is 26.2 Å². The van der Waals surface area contributed by atoms with Crippen molar-refractivity contribution < 1.29 is 5.11 Å². The molecular formula is C16H21N3O. The maximum Gasteiger partial charge on any atom is 0.0637 e. The summed E-state index contributed by atoms with van der Waals surface area (Å²) in [6, 6.07) is 6.05. The molecule has 1 aromatic carbocycles. The first-order valence-corrected chi connectivity index (χ1v) is 7.16. The topological polar surface area (TPSA) is 62.4 Å². The first-order chi connectivity index (χ1) is 9.57. The molecule has 0 amide bonds. The van der Waals surface area contributed by atoms with Gasteiger partial charge in [0.2, 0.25) is 0 Å². The molecule has 0 aliphatic carbocycles. The third-order valence-corrected chi connectivity index (χ3v) is 4.23. The molecule has 1 fully saturated rings. The summed E-state index contributed by atoms with van der Waals surface area (Å²) in [7, 11) is 0. The number of anilines is 2. The number of fused-ring (bicyclic) bond motifs is 1. The van der Waals surface area contributed by atoms with Crippen molar-refractivity contribution in [1.82, 2.24) is 4.98 Å². The number of nitrogens with zero attached hydrogens (tertiary/aromatic N) is 2. The van der Waals surface area contributed by atoms with Crippen molar-refractivity contribution in [3.05, 3.63) is 30.6 Å². The highest BCUT2D eigenvalue weighted by Gasteiger charge is 2.25. The van der Waals surface area contributed by atoms with E-state index in [4.69, 9.17) is 5.73 Å². The summed E-state index contributed by atoms with van der Waals surface area (Å²) in [6.45, 7) is 3.77. The standard InChI is InChI=1S/C16H21N3O/c1-16(20)6-2-9-19(10-7-16)15-4-3-14(17)13-11-18-8-5-12(13)15/h3-5,8,11,20H,2,6-7,9-10,17H2,1H3. The van der Waals surface area contributed by atoms with Crippen molar-refractivity contribution in [2.75, 3.05) is 23.7 Å². The van der Waals surface area contributed by atoms with Gasteiger partial charge >= 0.3 is 0 Å². The van der Waals surface area contributed by atoms with Crippen molar-refractivity contribution in [3.63, 3.8) is 0 Å². The van der Waals surface area contributed by atoms with E-state index in [1.165, 1.54) is 5.69 Å². The van der Waals surface area contributed by atoms with Gasteiger partial charge in [-0.1, -0.05) is 0 Å². The molecule has 0 spiro atoms. The molecule has 2 aromatic rings. The lowest BCUT2D eigenvalue weighted by Gasteiger charge is -2.25. The van der Waals surface area contributed by atoms with Gasteiger partial charge in [0.15, 0.2) is 0 Å². The molecule has 1 unspecified atom stereocenters. The molecule has 1 atom stereocenters. The van der Waals surface area contributed by atoms with E-state index in [-0.39, 0.29) is 0 Å². The number of aliphatic hydroxyl groups is 1. The second-order valence-corrected chi connectivity index (χ2v) is 5.93. The number of nitrogens with two attached hydrogens (primary N) is 1. The van der Waals surface area contributed by atoms with Gasteiger partial charge in [-0.25, -0.2) is 0 Å². The zero-order valence-electron chi connectivity index (χ0n) is 11.8. The van der Waals surface area contributed by atoms with Crippen molar-refractivity contribution in [2.45, 2.75) is 31.8 Å². The van der Waals surface area contributed by atoms with E-state index in [1.54, 1.807) is 6.20 Å². The van der Waals surface area contributed by atoms with Gasteiger partial charge in [-0.15, -0.1) is 0 Å². The van der Waals surface area contributed by atoms with E-state index in [0.29, 0.717) is 0 Å². The highest BCUT2D eigenvalue weighted by Crippen LogP contribution is 2.32. The number of aromatic nitrogens is 1. The average molecular weight is 271 g/mol. The molecule has 3 rings (SSSR count). The summed E-state index contributed by atoms with van der Waals surface area (Å²) in [5.74, 6) is 0. The van der Waals surface area contributed by atoms with E-state index >= 15 is 0 Å². The fraction of sp³-hybridized carbons (Fsp3) is 0.438. The van der Waals surface area contributed by atoms with Gasteiger partial charge in [-0.05, 0) is 44.4 Å². The van der Waals surface area contributed by atoms with Gasteiger partial charge in [0.1, 0.15) is 0 Å². The Morgan fingerprint density at radius 3 is 2.90 bits per heavy atom. The van der Waals surface area contributed by atoms with Crippen molar-refractivity contribution >= 4 is 22.1 Å². The molecule has 0 saturated carbocycles. The first-order valence-electron chi connectivity index (χ1n) is 7.16. The van der Waals surface area contributed by atoms with Crippen LogP contribution in [0, 0.1) is 0 Å². The van der Waals surface area contributed by atoms with E-state index in [9.17, 15) is 5.11 Å². The Bertz CT molecular complexity index is 624. The molecule has 20 heavy (non-hydrogen) atoms. The van der Waals surface area contributed by atoms with Crippen LogP contribution in [0.4, 0.5) is 11.4 Å². The zero-order valence-corrected chi connectivity index (χ0v) is 11.8. The molecule has 106 valence electrons. The predicted molar refractivity (Wildman–Crippen MR) is 82.8 cm³/mol. The van der Waals surface area contributed by atoms with Crippen LogP contribution in [-0.4, -0.2) is 28.8 Å². The Kier molecular flexibility index (Phi) is 3.26. The van der Waals surface area contributed by atoms with Crippen LogP contribution in [0.5, 0.6) is 0 Å². The fourth-order valence-electron chi connectivity index (χ4n) is 2.98. The van der Waals surface area contributed by atoms with E-state index < -0.39 is 5.60 Å². The average Bonchev–Trinajstić information content (AvgIpc) is 2.61. The lowest BCUT2D eigenvalue weighted by atomic mass is 9.98. The quantitative estimate of drug-likeness (QED) is 0.782. The number of hydrogen-bond donors (Lipinski definition) is 2. The summed E-state index contributed by atoms with van der Waals surface area (Å²) >= 11 is 0. The summed E-state index contributed by atoms with van der Waals surface area (Å²) in [5.41, 5.74) is 7.44.